The molecule has 2 N–H and O–H groups in total. The number of anilines is 1. The Morgan fingerprint density at radius 2 is 2.03 bits per heavy atom. The molecule has 1 aromatic heterocycles. The Balaban J connectivity index is 1.44. The Bertz CT molecular complexity index is 1220. The first-order valence-corrected chi connectivity index (χ1v) is 10.1. The zero-order chi connectivity index (χ0) is 23.0. The van der Waals surface area contributed by atoms with Gasteiger partial charge in [-0.15, -0.1) is 0 Å². The SMILES string of the molecule is CC(=O)n1ccc2cc(N3CC[C@](O)(OC(=O)NCc4cc(F)cc(Cl)c4)C3=O)ccc21. The Labute approximate surface area is 187 Å². The normalized spacial score (nSPS) is 18.2. The maximum Gasteiger partial charge on any atom is 0.410 e. The van der Waals surface area contributed by atoms with E-state index in [9.17, 15) is 23.9 Å². The highest BCUT2D eigenvalue weighted by Gasteiger charge is 2.49. The number of carbonyl (C=O) groups excluding carboxylic acids is 3. The lowest BCUT2D eigenvalue weighted by Crippen LogP contribution is -2.46. The Morgan fingerprint density at radius 3 is 2.75 bits per heavy atom. The van der Waals surface area contributed by atoms with Crippen LogP contribution >= 0.6 is 11.6 Å². The molecular formula is C22H19ClFN3O5. The monoisotopic (exact) mass is 459 g/mol. The van der Waals surface area contributed by atoms with Gasteiger partial charge in [0.2, 0.25) is 5.91 Å². The molecule has 2 amide bonds. The Morgan fingerprint density at radius 1 is 1.25 bits per heavy atom. The number of halogens is 2. The number of ether oxygens (including phenoxy) is 1. The predicted octanol–water partition coefficient (Wildman–Crippen LogP) is 3.45. The van der Waals surface area contributed by atoms with Gasteiger partial charge in [-0.25, -0.2) is 9.18 Å². The zero-order valence-corrected chi connectivity index (χ0v) is 17.7. The number of hydrogen-bond acceptors (Lipinski definition) is 5. The summed E-state index contributed by atoms with van der Waals surface area (Å²) in [6.45, 7) is 1.47. The molecule has 4 rings (SSSR count). The Hall–Kier alpha value is -3.43. The molecular weight excluding hydrogens is 441 g/mol. The van der Waals surface area contributed by atoms with Crippen LogP contribution in [0, 0.1) is 5.82 Å². The summed E-state index contributed by atoms with van der Waals surface area (Å²) in [6.07, 6.45) is 0.479. The van der Waals surface area contributed by atoms with Gasteiger partial charge in [-0.05, 0) is 48.0 Å². The van der Waals surface area contributed by atoms with Crippen LogP contribution in [0.5, 0.6) is 0 Å². The molecule has 0 unspecified atom stereocenters. The van der Waals surface area contributed by atoms with Crippen LogP contribution in [0.1, 0.15) is 23.7 Å². The molecule has 1 saturated heterocycles. The molecule has 1 aliphatic heterocycles. The van der Waals surface area contributed by atoms with Crippen molar-refractivity contribution in [1.82, 2.24) is 9.88 Å². The second-order valence-corrected chi connectivity index (χ2v) is 7.90. The van der Waals surface area contributed by atoms with Crippen LogP contribution < -0.4 is 10.2 Å². The molecule has 8 nitrogen and oxygen atoms in total. The van der Waals surface area contributed by atoms with Crippen LogP contribution in [0.25, 0.3) is 10.9 Å². The lowest BCUT2D eigenvalue weighted by Gasteiger charge is -2.22. The number of amides is 2. The number of rotatable bonds is 4. The maximum absolute atomic E-state index is 13.4. The van der Waals surface area contributed by atoms with E-state index in [1.807, 2.05) is 0 Å². The summed E-state index contributed by atoms with van der Waals surface area (Å²) < 4.78 is 19.9. The van der Waals surface area contributed by atoms with Crippen LogP contribution in [0.3, 0.4) is 0 Å². The summed E-state index contributed by atoms with van der Waals surface area (Å²) in [5, 5.41) is 13.9. The number of hydrogen-bond donors (Lipinski definition) is 2. The van der Waals surface area contributed by atoms with Crippen molar-refractivity contribution < 1.29 is 28.6 Å². The minimum absolute atomic E-state index is 0.103. The molecule has 32 heavy (non-hydrogen) atoms. The van der Waals surface area contributed by atoms with Gasteiger partial charge in [0.25, 0.3) is 11.7 Å². The molecule has 0 saturated carbocycles. The fraction of sp³-hybridized carbons (Fsp3) is 0.227. The summed E-state index contributed by atoms with van der Waals surface area (Å²) >= 11 is 5.78. The van der Waals surface area contributed by atoms with E-state index in [4.69, 9.17) is 16.3 Å². The average molecular weight is 460 g/mol. The second-order valence-electron chi connectivity index (χ2n) is 7.46. The third kappa shape index (κ3) is 4.17. The van der Waals surface area contributed by atoms with Gasteiger partial charge < -0.3 is 20.1 Å². The van der Waals surface area contributed by atoms with E-state index < -0.39 is 23.6 Å². The molecule has 1 aliphatic rings. The van der Waals surface area contributed by atoms with Crippen molar-refractivity contribution in [3.8, 4) is 0 Å². The first kappa shape index (κ1) is 21.8. The number of fused-ring (bicyclic) bond motifs is 1. The number of nitrogens with zero attached hydrogens (tertiary/aromatic N) is 2. The van der Waals surface area contributed by atoms with E-state index in [1.165, 1.54) is 28.5 Å². The largest absolute Gasteiger partial charge is 0.410 e. The van der Waals surface area contributed by atoms with Crippen LogP contribution in [0.4, 0.5) is 14.9 Å². The number of alkyl carbamates (subject to hydrolysis) is 1. The number of carbonyl (C=O) groups is 3. The topological polar surface area (TPSA) is 101 Å². The van der Waals surface area contributed by atoms with Crippen molar-refractivity contribution in [2.24, 2.45) is 0 Å². The van der Waals surface area contributed by atoms with Crippen molar-refractivity contribution in [1.29, 1.82) is 0 Å². The van der Waals surface area contributed by atoms with Gasteiger partial charge in [-0.3, -0.25) is 14.2 Å². The molecule has 166 valence electrons. The standard InChI is InChI=1S/C22H19ClFN3O5/c1-13(28)26-6-4-15-10-18(2-3-19(15)26)27-7-5-22(31,20(27)29)32-21(30)25-12-14-8-16(23)11-17(24)9-14/h2-4,6,8-11,31H,5,7,12H2,1H3,(H,25,30)/t22-/m0/s1. The number of aromatic nitrogens is 1. The highest BCUT2D eigenvalue weighted by molar-refractivity contribution is 6.30. The van der Waals surface area contributed by atoms with Gasteiger partial charge in [-0.2, -0.15) is 0 Å². The Kier molecular flexibility index (Phi) is 5.62. The summed E-state index contributed by atoms with van der Waals surface area (Å²) in [4.78, 5) is 37.9. The second kappa shape index (κ2) is 8.25. The quantitative estimate of drug-likeness (QED) is 0.582. The van der Waals surface area contributed by atoms with Crippen LogP contribution in [0.2, 0.25) is 5.02 Å². The molecule has 0 spiro atoms. The maximum atomic E-state index is 13.4. The highest BCUT2D eigenvalue weighted by Crippen LogP contribution is 2.31. The van der Waals surface area contributed by atoms with Gasteiger partial charge in [-0.1, -0.05) is 11.6 Å². The van der Waals surface area contributed by atoms with Crippen LogP contribution in [-0.4, -0.2) is 39.9 Å². The smallest absolute Gasteiger partial charge is 0.407 e. The lowest BCUT2D eigenvalue weighted by molar-refractivity contribution is -0.175. The molecule has 1 atom stereocenters. The first-order chi connectivity index (χ1) is 15.2. The van der Waals surface area contributed by atoms with E-state index in [-0.39, 0.29) is 30.4 Å². The lowest BCUT2D eigenvalue weighted by atomic mass is 10.2. The highest BCUT2D eigenvalue weighted by atomic mass is 35.5. The van der Waals surface area contributed by atoms with E-state index in [0.717, 1.165) is 11.5 Å². The van der Waals surface area contributed by atoms with E-state index in [2.05, 4.69) is 5.32 Å². The predicted molar refractivity (Wildman–Crippen MR) is 115 cm³/mol. The average Bonchev–Trinajstić information content (AvgIpc) is 3.27. The summed E-state index contributed by atoms with van der Waals surface area (Å²) in [7, 11) is 0. The van der Waals surface area contributed by atoms with Crippen molar-refractivity contribution in [2.45, 2.75) is 25.7 Å². The fourth-order valence-corrected chi connectivity index (χ4v) is 3.92. The molecule has 0 aliphatic carbocycles. The van der Waals surface area contributed by atoms with Crippen LogP contribution in [0.15, 0.2) is 48.7 Å². The number of nitrogens with one attached hydrogen (secondary N) is 1. The van der Waals surface area contributed by atoms with Crippen molar-refractivity contribution >= 4 is 46.1 Å². The minimum atomic E-state index is -2.33. The van der Waals surface area contributed by atoms with Gasteiger partial charge in [0.1, 0.15) is 5.82 Å². The molecule has 10 heteroatoms. The molecule has 2 aromatic carbocycles. The van der Waals surface area contributed by atoms with Crippen molar-refractivity contribution in [2.75, 3.05) is 11.4 Å². The molecule has 0 bridgehead atoms. The van der Waals surface area contributed by atoms with E-state index >= 15 is 0 Å². The van der Waals surface area contributed by atoms with E-state index in [1.54, 1.807) is 30.5 Å². The molecule has 0 radical (unpaired) electrons. The van der Waals surface area contributed by atoms with Crippen molar-refractivity contribution in [3.05, 3.63) is 65.1 Å². The van der Waals surface area contributed by atoms with Gasteiger partial charge in [0.15, 0.2) is 0 Å². The third-order valence-electron chi connectivity index (χ3n) is 5.20. The molecule has 2 heterocycles. The summed E-state index contributed by atoms with van der Waals surface area (Å²) in [5.41, 5.74) is 1.58. The fourth-order valence-electron chi connectivity index (χ4n) is 3.67. The van der Waals surface area contributed by atoms with Gasteiger partial charge >= 0.3 is 6.09 Å². The zero-order valence-electron chi connectivity index (χ0n) is 17.0. The van der Waals surface area contributed by atoms with Gasteiger partial charge in [0.05, 0.1) is 5.52 Å². The molecule has 1 fully saturated rings. The number of aliphatic hydroxyl groups is 1. The minimum Gasteiger partial charge on any atom is -0.407 e. The molecule has 3 aromatic rings. The first-order valence-electron chi connectivity index (χ1n) is 9.74. The number of benzene rings is 2. The van der Waals surface area contributed by atoms with Gasteiger partial charge in [0, 0.05) is 48.7 Å². The summed E-state index contributed by atoms with van der Waals surface area (Å²) in [5.74, 6) is -3.81. The summed E-state index contributed by atoms with van der Waals surface area (Å²) in [6, 6.07) is 10.6. The van der Waals surface area contributed by atoms with E-state index in [0.29, 0.717) is 16.8 Å². The third-order valence-corrected chi connectivity index (χ3v) is 5.42. The van der Waals surface area contributed by atoms with Crippen molar-refractivity contribution in [3.63, 3.8) is 0 Å². The van der Waals surface area contributed by atoms with Crippen LogP contribution in [-0.2, 0) is 16.1 Å².